The molecule has 0 saturated carbocycles. The molecule has 25 heavy (non-hydrogen) atoms. The molecule has 2 heterocycles. The Labute approximate surface area is 147 Å². The normalized spacial score (nSPS) is 18.7. The van der Waals surface area contributed by atoms with E-state index in [1.807, 2.05) is 23.9 Å². The van der Waals surface area contributed by atoms with Crippen molar-refractivity contribution in [1.82, 2.24) is 9.97 Å². The number of rotatable bonds is 2. The lowest BCUT2D eigenvalue weighted by molar-refractivity contribution is -0.137. The Morgan fingerprint density at radius 3 is 2.68 bits per heavy atom. The summed E-state index contributed by atoms with van der Waals surface area (Å²) in [7, 11) is 0. The van der Waals surface area contributed by atoms with Gasteiger partial charge in [-0.1, -0.05) is 12.1 Å². The molecule has 0 aliphatic carbocycles. The van der Waals surface area contributed by atoms with Crippen molar-refractivity contribution in [1.29, 1.82) is 0 Å². The predicted octanol–water partition coefficient (Wildman–Crippen LogP) is 4.88. The van der Waals surface area contributed by atoms with Gasteiger partial charge in [0.2, 0.25) is 0 Å². The summed E-state index contributed by atoms with van der Waals surface area (Å²) in [6.45, 7) is 0.857. The maximum atomic E-state index is 12.8. The Morgan fingerprint density at radius 2 is 1.92 bits per heavy atom. The minimum absolute atomic E-state index is 0.0569. The molecule has 4 rings (SSSR count). The highest BCUT2D eigenvalue weighted by molar-refractivity contribution is 7.99. The number of hydrogen-bond acceptors (Lipinski definition) is 3. The van der Waals surface area contributed by atoms with Gasteiger partial charge in [-0.3, -0.25) is 0 Å². The summed E-state index contributed by atoms with van der Waals surface area (Å²) in [5, 5.41) is 0. The number of fused-ring (bicyclic) bond motifs is 1. The molecule has 1 fully saturated rings. The third kappa shape index (κ3) is 3.20. The second kappa shape index (κ2) is 6.29. The highest BCUT2D eigenvalue weighted by atomic mass is 32.2. The van der Waals surface area contributed by atoms with E-state index in [2.05, 4.69) is 20.9 Å². The lowest BCUT2D eigenvalue weighted by Crippen LogP contribution is -2.36. The molecule has 0 radical (unpaired) electrons. The first-order chi connectivity index (χ1) is 12.0. The zero-order chi connectivity index (χ0) is 17.4. The van der Waals surface area contributed by atoms with Crippen LogP contribution >= 0.6 is 11.8 Å². The highest BCUT2D eigenvalue weighted by Crippen LogP contribution is 2.36. The minimum atomic E-state index is -4.30. The molecule has 1 unspecified atom stereocenters. The zero-order valence-electron chi connectivity index (χ0n) is 13.3. The van der Waals surface area contributed by atoms with Crippen LogP contribution in [-0.4, -0.2) is 28.0 Å². The first-order valence-corrected chi connectivity index (χ1v) is 9.12. The molecule has 0 amide bonds. The van der Waals surface area contributed by atoms with E-state index in [9.17, 15) is 13.2 Å². The van der Waals surface area contributed by atoms with Gasteiger partial charge in [-0.25, -0.2) is 4.98 Å². The van der Waals surface area contributed by atoms with Gasteiger partial charge in [0.05, 0.1) is 29.0 Å². The zero-order valence-corrected chi connectivity index (χ0v) is 14.1. The van der Waals surface area contributed by atoms with Gasteiger partial charge < -0.3 is 9.88 Å². The number of anilines is 1. The highest BCUT2D eigenvalue weighted by Gasteiger charge is 2.31. The van der Waals surface area contributed by atoms with Crippen molar-refractivity contribution in [3.8, 4) is 0 Å². The standard InChI is InChI=1S/C18H16F3N3S/c19-18(20,21)13-3-1-12(2-4-13)17-10-25-8-7-24(17)14-5-6-15-16(9-14)23-11-22-15/h1-6,9,11,17H,7-8,10H2,(H,22,23). The van der Waals surface area contributed by atoms with E-state index in [0.29, 0.717) is 0 Å². The quantitative estimate of drug-likeness (QED) is 0.704. The lowest BCUT2D eigenvalue weighted by atomic mass is 10.0. The summed E-state index contributed by atoms with van der Waals surface area (Å²) in [6, 6.07) is 11.6. The van der Waals surface area contributed by atoms with E-state index >= 15 is 0 Å². The van der Waals surface area contributed by atoms with Crippen molar-refractivity contribution in [2.45, 2.75) is 12.2 Å². The fourth-order valence-corrected chi connectivity index (χ4v) is 4.27. The molecule has 3 aromatic rings. The SMILES string of the molecule is FC(F)(F)c1ccc(C2CSCCN2c2ccc3nc[nH]c3c2)cc1. The second-order valence-corrected chi connectivity index (χ2v) is 7.16. The number of aromatic nitrogens is 2. The third-order valence-corrected chi connectivity index (χ3v) is 5.51. The van der Waals surface area contributed by atoms with Crippen molar-refractivity contribution in [3.63, 3.8) is 0 Å². The van der Waals surface area contributed by atoms with Gasteiger partial charge in [0.15, 0.2) is 0 Å². The van der Waals surface area contributed by atoms with Crippen molar-refractivity contribution < 1.29 is 13.2 Å². The number of hydrogen-bond donors (Lipinski definition) is 1. The number of aromatic amines is 1. The summed E-state index contributed by atoms with van der Waals surface area (Å²) in [5.74, 6) is 1.85. The molecule has 1 saturated heterocycles. The first-order valence-electron chi connectivity index (χ1n) is 7.97. The minimum Gasteiger partial charge on any atom is -0.363 e. The van der Waals surface area contributed by atoms with Crippen LogP contribution < -0.4 is 4.90 Å². The van der Waals surface area contributed by atoms with Crippen molar-refractivity contribution in [2.24, 2.45) is 0 Å². The Balaban J connectivity index is 1.66. The third-order valence-electron chi connectivity index (χ3n) is 4.49. The number of imidazole rings is 1. The van der Waals surface area contributed by atoms with Gasteiger partial charge in [-0.15, -0.1) is 0 Å². The first kappa shape index (κ1) is 16.3. The Bertz CT molecular complexity index is 873. The van der Waals surface area contributed by atoms with Crippen molar-refractivity contribution >= 4 is 28.5 Å². The molecule has 1 aliphatic heterocycles. The maximum absolute atomic E-state index is 12.8. The van der Waals surface area contributed by atoms with Gasteiger partial charge in [0.1, 0.15) is 0 Å². The van der Waals surface area contributed by atoms with E-state index in [4.69, 9.17) is 0 Å². The average molecular weight is 363 g/mol. The lowest BCUT2D eigenvalue weighted by Gasteiger charge is -2.37. The van der Waals surface area contributed by atoms with Gasteiger partial charge in [-0.05, 0) is 35.9 Å². The fraction of sp³-hybridized carbons (Fsp3) is 0.278. The van der Waals surface area contributed by atoms with E-state index in [0.717, 1.165) is 40.3 Å². The number of benzene rings is 2. The summed E-state index contributed by atoms with van der Waals surface area (Å²) >= 11 is 1.83. The number of nitrogens with zero attached hydrogens (tertiary/aromatic N) is 2. The molecule has 1 N–H and O–H groups in total. The number of nitrogens with one attached hydrogen (secondary N) is 1. The molecular formula is C18H16F3N3S. The molecule has 0 spiro atoms. The Hall–Kier alpha value is -2.15. The van der Waals surface area contributed by atoms with Crippen LogP contribution in [0.3, 0.4) is 0 Å². The van der Waals surface area contributed by atoms with E-state index < -0.39 is 11.7 Å². The van der Waals surface area contributed by atoms with Crippen LogP contribution in [0.4, 0.5) is 18.9 Å². The Morgan fingerprint density at radius 1 is 1.12 bits per heavy atom. The van der Waals surface area contributed by atoms with E-state index in [-0.39, 0.29) is 6.04 Å². The fourth-order valence-electron chi connectivity index (χ4n) is 3.19. The second-order valence-electron chi connectivity index (χ2n) is 6.01. The summed E-state index contributed by atoms with van der Waals surface area (Å²) in [4.78, 5) is 9.60. The van der Waals surface area contributed by atoms with Crippen molar-refractivity contribution in [3.05, 3.63) is 59.9 Å². The summed E-state index contributed by atoms with van der Waals surface area (Å²) in [5.41, 5.74) is 3.22. The van der Waals surface area contributed by atoms with Crippen LogP contribution in [0.2, 0.25) is 0 Å². The van der Waals surface area contributed by atoms with Crippen LogP contribution in [0.15, 0.2) is 48.8 Å². The molecule has 1 aromatic heterocycles. The molecule has 2 aromatic carbocycles. The number of thioether (sulfide) groups is 1. The monoisotopic (exact) mass is 363 g/mol. The van der Waals surface area contributed by atoms with Gasteiger partial charge in [-0.2, -0.15) is 24.9 Å². The van der Waals surface area contributed by atoms with Crippen LogP contribution in [0, 0.1) is 0 Å². The topological polar surface area (TPSA) is 31.9 Å². The molecule has 3 nitrogen and oxygen atoms in total. The molecule has 1 atom stereocenters. The predicted molar refractivity (Wildman–Crippen MR) is 94.9 cm³/mol. The smallest absolute Gasteiger partial charge is 0.363 e. The van der Waals surface area contributed by atoms with Crippen LogP contribution in [0.5, 0.6) is 0 Å². The molecule has 1 aliphatic rings. The van der Waals surface area contributed by atoms with Crippen molar-refractivity contribution in [2.75, 3.05) is 23.0 Å². The summed E-state index contributed by atoms with van der Waals surface area (Å²) in [6.07, 6.45) is -2.64. The largest absolute Gasteiger partial charge is 0.416 e. The van der Waals surface area contributed by atoms with Gasteiger partial charge in [0.25, 0.3) is 0 Å². The molecule has 0 bridgehead atoms. The number of H-pyrrole nitrogens is 1. The maximum Gasteiger partial charge on any atom is 0.416 e. The van der Waals surface area contributed by atoms with Gasteiger partial charge >= 0.3 is 6.18 Å². The Kier molecular flexibility index (Phi) is 4.11. The number of alkyl halides is 3. The molecule has 7 heteroatoms. The molecule has 130 valence electrons. The van der Waals surface area contributed by atoms with Crippen LogP contribution in [0.1, 0.15) is 17.2 Å². The summed E-state index contributed by atoms with van der Waals surface area (Å²) < 4.78 is 38.4. The van der Waals surface area contributed by atoms with E-state index in [1.54, 1.807) is 18.5 Å². The van der Waals surface area contributed by atoms with Crippen LogP contribution in [-0.2, 0) is 6.18 Å². The van der Waals surface area contributed by atoms with Crippen LogP contribution in [0.25, 0.3) is 11.0 Å². The van der Waals surface area contributed by atoms with E-state index in [1.165, 1.54) is 12.1 Å². The van der Waals surface area contributed by atoms with Gasteiger partial charge in [0, 0.05) is 23.7 Å². The number of halogens is 3. The average Bonchev–Trinajstić information content (AvgIpc) is 3.09. The molecular weight excluding hydrogens is 347 g/mol.